The summed E-state index contributed by atoms with van der Waals surface area (Å²) in [4.78, 5) is 11.7. The lowest BCUT2D eigenvalue weighted by Crippen LogP contribution is -2.19. The number of benzene rings is 2. The molecule has 8 heteroatoms. The monoisotopic (exact) mass is 451 g/mol. The predicted molar refractivity (Wildman–Crippen MR) is 129 cm³/mol. The van der Waals surface area contributed by atoms with E-state index in [4.69, 9.17) is 0 Å². The summed E-state index contributed by atoms with van der Waals surface area (Å²) in [6.45, 7) is 9.59. The number of hydrogen-bond donors (Lipinski definition) is 2. The van der Waals surface area contributed by atoms with Crippen molar-refractivity contribution < 1.29 is 8.42 Å². The van der Waals surface area contributed by atoms with E-state index in [1.54, 1.807) is 12.1 Å². The van der Waals surface area contributed by atoms with Crippen LogP contribution >= 0.6 is 0 Å². The van der Waals surface area contributed by atoms with E-state index in [9.17, 15) is 8.42 Å². The second kappa shape index (κ2) is 8.78. The first-order valence-electron chi connectivity index (χ1n) is 10.8. The standard InChI is InChI=1S/C24H29N5O2S/c1-16-13-17(2)23(18(3)14-16)32(30,31)28-21-9-7-20(8-10-21)26-24-25-19(4)15-22(27-24)29-11-5-6-12-29/h7-10,13-15,28H,5-6,11-12H2,1-4H3,(H,25,26,27). The van der Waals surface area contributed by atoms with Gasteiger partial charge in [-0.05, 0) is 75.9 Å². The van der Waals surface area contributed by atoms with Gasteiger partial charge in [0.05, 0.1) is 4.90 Å². The first-order chi connectivity index (χ1) is 15.2. The molecule has 0 spiro atoms. The number of nitrogens with one attached hydrogen (secondary N) is 2. The van der Waals surface area contributed by atoms with Crippen molar-refractivity contribution in [2.75, 3.05) is 28.0 Å². The minimum atomic E-state index is -3.68. The second-order valence-electron chi connectivity index (χ2n) is 8.42. The Balaban J connectivity index is 1.50. The molecule has 3 aromatic rings. The van der Waals surface area contributed by atoms with Crippen molar-refractivity contribution >= 4 is 33.2 Å². The fraction of sp³-hybridized carbons (Fsp3) is 0.333. The zero-order valence-corrected chi connectivity index (χ0v) is 19.8. The van der Waals surface area contributed by atoms with Crippen LogP contribution in [0.4, 0.5) is 23.1 Å². The zero-order chi connectivity index (χ0) is 22.9. The Hall–Kier alpha value is -3.13. The van der Waals surface area contributed by atoms with E-state index in [0.717, 1.165) is 47.0 Å². The van der Waals surface area contributed by atoms with Crippen molar-refractivity contribution in [1.82, 2.24) is 9.97 Å². The van der Waals surface area contributed by atoms with Crippen molar-refractivity contribution in [3.63, 3.8) is 0 Å². The second-order valence-corrected chi connectivity index (χ2v) is 10.0. The van der Waals surface area contributed by atoms with Crippen LogP contribution in [0.25, 0.3) is 0 Å². The molecule has 1 fully saturated rings. The van der Waals surface area contributed by atoms with E-state index in [1.807, 2.05) is 58.0 Å². The first-order valence-corrected chi connectivity index (χ1v) is 12.3. The maximum atomic E-state index is 13.0. The maximum absolute atomic E-state index is 13.0. The zero-order valence-electron chi connectivity index (χ0n) is 18.9. The van der Waals surface area contributed by atoms with Crippen LogP contribution in [-0.2, 0) is 10.0 Å². The van der Waals surface area contributed by atoms with E-state index >= 15 is 0 Å². The summed E-state index contributed by atoms with van der Waals surface area (Å²) in [6, 6.07) is 12.9. The number of anilines is 4. The van der Waals surface area contributed by atoms with Crippen LogP contribution in [0.15, 0.2) is 47.4 Å². The average Bonchev–Trinajstić information content (AvgIpc) is 3.23. The molecule has 1 aliphatic rings. The molecular formula is C24H29N5O2S. The van der Waals surface area contributed by atoms with E-state index < -0.39 is 10.0 Å². The molecule has 0 bridgehead atoms. The molecule has 168 valence electrons. The third-order valence-corrected chi connectivity index (χ3v) is 7.22. The Kier molecular flexibility index (Phi) is 6.06. The molecule has 4 rings (SSSR count). The number of aromatic nitrogens is 2. The van der Waals surface area contributed by atoms with Crippen LogP contribution in [0.5, 0.6) is 0 Å². The van der Waals surface area contributed by atoms with Crippen LogP contribution in [0.3, 0.4) is 0 Å². The van der Waals surface area contributed by atoms with Crippen LogP contribution in [0.1, 0.15) is 35.2 Å². The number of sulfonamides is 1. The van der Waals surface area contributed by atoms with Gasteiger partial charge in [-0.15, -0.1) is 0 Å². The Labute approximate surface area is 190 Å². The molecule has 0 unspecified atom stereocenters. The fourth-order valence-electron chi connectivity index (χ4n) is 4.26. The summed E-state index contributed by atoms with van der Waals surface area (Å²) in [5.74, 6) is 1.47. The highest BCUT2D eigenvalue weighted by molar-refractivity contribution is 7.92. The van der Waals surface area contributed by atoms with E-state index in [2.05, 4.69) is 24.9 Å². The van der Waals surface area contributed by atoms with Gasteiger partial charge in [0.25, 0.3) is 10.0 Å². The number of nitrogens with zero attached hydrogens (tertiary/aromatic N) is 3. The normalized spacial score (nSPS) is 13.9. The van der Waals surface area contributed by atoms with Crippen molar-refractivity contribution in [2.24, 2.45) is 0 Å². The van der Waals surface area contributed by atoms with Gasteiger partial charge >= 0.3 is 0 Å². The molecule has 0 amide bonds. The first kappa shape index (κ1) is 22.1. The third-order valence-electron chi connectivity index (χ3n) is 5.54. The molecule has 1 aliphatic heterocycles. The topological polar surface area (TPSA) is 87.2 Å². The SMILES string of the molecule is Cc1cc(C)c(S(=O)(=O)Nc2ccc(Nc3nc(C)cc(N4CCCC4)n3)cc2)c(C)c1. The molecule has 2 heterocycles. The van der Waals surface area contributed by atoms with Gasteiger partial charge in [-0.25, -0.2) is 13.4 Å². The van der Waals surface area contributed by atoms with Crippen molar-refractivity contribution in [1.29, 1.82) is 0 Å². The molecule has 2 N–H and O–H groups in total. The third kappa shape index (κ3) is 4.85. The summed E-state index contributed by atoms with van der Waals surface area (Å²) in [5.41, 5.74) is 4.70. The largest absolute Gasteiger partial charge is 0.356 e. The van der Waals surface area contributed by atoms with Gasteiger partial charge in [0.1, 0.15) is 5.82 Å². The van der Waals surface area contributed by atoms with Gasteiger partial charge in [-0.2, -0.15) is 4.98 Å². The minimum absolute atomic E-state index is 0.327. The number of rotatable bonds is 6. The smallest absolute Gasteiger partial charge is 0.262 e. The predicted octanol–water partition coefficient (Wildman–Crippen LogP) is 4.85. The van der Waals surface area contributed by atoms with Crippen LogP contribution < -0.4 is 14.9 Å². The Morgan fingerprint density at radius 2 is 1.44 bits per heavy atom. The molecule has 0 aliphatic carbocycles. The van der Waals surface area contributed by atoms with Crippen LogP contribution in [-0.4, -0.2) is 31.5 Å². The number of hydrogen-bond acceptors (Lipinski definition) is 6. The highest BCUT2D eigenvalue weighted by Crippen LogP contribution is 2.26. The molecule has 0 atom stereocenters. The van der Waals surface area contributed by atoms with Crippen molar-refractivity contribution in [3.05, 3.63) is 64.8 Å². The lowest BCUT2D eigenvalue weighted by molar-refractivity contribution is 0.600. The van der Waals surface area contributed by atoms with Crippen LogP contribution in [0, 0.1) is 27.7 Å². The summed E-state index contributed by atoms with van der Waals surface area (Å²) in [6.07, 6.45) is 2.37. The lowest BCUT2D eigenvalue weighted by Gasteiger charge is -2.18. The van der Waals surface area contributed by atoms with Gasteiger partial charge in [0.15, 0.2) is 0 Å². The van der Waals surface area contributed by atoms with Gasteiger partial charge in [-0.1, -0.05) is 17.7 Å². The molecule has 1 aromatic heterocycles. The molecule has 0 saturated carbocycles. The fourth-order valence-corrected chi connectivity index (χ4v) is 5.78. The molecule has 7 nitrogen and oxygen atoms in total. The Bertz CT molecular complexity index is 1210. The van der Waals surface area contributed by atoms with Crippen molar-refractivity contribution in [3.8, 4) is 0 Å². The van der Waals surface area contributed by atoms with Crippen molar-refractivity contribution in [2.45, 2.75) is 45.4 Å². The minimum Gasteiger partial charge on any atom is -0.356 e. The molecule has 1 saturated heterocycles. The quantitative estimate of drug-likeness (QED) is 0.557. The van der Waals surface area contributed by atoms with E-state index in [1.165, 1.54) is 12.8 Å². The summed E-state index contributed by atoms with van der Waals surface area (Å²) in [5, 5.41) is 3.23. The molecule has 0 radical (unpaired) electrons. The maximum Gasteiger partial charge on any atom is 0.262 e. The summed E-state index contributed by atoms with van der Waals surface area (Å²) < 4.78 is 28.6. The highest BCUT2D eigenvalue weighted by Gasteiger charge is 2.20. The van der Waals surface area contributed by atoms with Gasteiger partial charge in [0.2, 0.25) is 5.95 Å². The van der Waals surface area contributed by atoms with E-state index in [0.29, 0.717) is 16.5 Å². The Morgan fingerprint density at radius 3 is 2.06 bits per heavy atom. The van der Waals surface area contributed by atoms with Gasteiger partial charge in [-0.3, -0.25) is 4.72 Å². The molecule has 32 heavy (non-hydrogen) atoms. The summed E-state index contributed by atoms with van der Waals surface area (Å²) >= 11 is 0. The average molecular weight is 452 g/mol. The summed E-state index contributed by atoms with van der Waals surface area (Å²) in [7, 11) is -3.68. The van der Waals surface area contributed by atoms with E-state index in [-0.39, 0.29) is 0 Å². The van der Waals surface area contributed by atoms with Gasteiger partial charge < -0.3 is 10.2 Å². The van der Waals surface area contributed by atoms with Gasteiger partial charge in [0, 0.05) is 36.2 Å². The number of aryl methyl sites for hydroxylation is 4. The molecule has 2 aromatic carbocycles. The lowest BCUT2D eigenvalue weighted by atomic mass is 10.1. The van der Waals surface area contributed by atoms with Crippen LogP contribution in [0.2, 0.25) is 0 Å². The highest BCUT2D eigenvalue weighted by atomic mass is 32.2. The Morgan fingerprint density at radius 1 is 0.844 bits per heavy atom. The molecular weight excluding hydrogens is 422 g/mol.